The van der Waals surface area contributed by atoms with E-state index in [0.717, 1.165) is 0 Å². The number of primary amides is 1. The van der Waals surface area contributed by atoms with Crippen LogP contribution in [0.4, 0.5) is 0 Å². The van der Waals surface area contributed by atoms with Crippen LogP contribution in [0.15, 0.2) is 0 Å². The Morgan fingerprint density at radius 1 is 1.35 bits per heavy atom. The fourth-order valence-corrected chi connectivity index (χ4v) is 1.31. The number of carbonyl (C=O) groups is 3. The molecular formula is C10H18N2O5. The summed E-state index contributed by atoms with van der Waals surface area (Å²) in [4.78, 5) is 32.8. The molecule has 0 heterocycles. The van der Waals surface area contributed by atoms with Crippen molar-refractivity contribution in [1.29, 1.82) is 0 Å². The van der Waals surface area contributed by atoms with Crippen molar-refractivity contribution in [2.75, 3.05) is 13.7 Å². The van der Waals surface area contributed by atoms with Crippen molar-refractivity contribution in [3.63, 3.8) is 0 Å². The second-order valence-electron chi connectivity index (χ2n) is 3.89. The van der Waals surface area contributed by atoms with Crippen LogP contribution in [0.2, 0.25) is 0 Å². The Labute approximate surface area is 99.3 Å². The van der Waals surface area contributed by atoms with Crippen molar-refractivity contribution in [2.45, 2.75) is 25.8 Å². The van der Waals surface area contributed by atoms with Crippen LogP contribution < -0.4 is 11.1 Å². The van der Waals surface area contributed by atoms with E-state index >= 15 is 0 Å². The summed E-state index contributed by atoms with van der Waals surface area (Å²) in [6.07, 6.45) is -0.282. The maximum absolute atomic E-state index is 11.4. The number of nitrogens with one attached hydrogen (secondary N) is 1. The molecule has 0 aromatic heterocycles. The first-order chi connectivity index (χ1) is 7.86. The fraction of sp³-hybridized carbons (Fsp3) is 0.700. The molecule has 0 aliphatic rings. The monoisotopic (exact) mass is 246 g/mol. The van der Waals surface area contributed by atoms with Gasteiger partial charge in [-0.3, -0.25) is 9.59 Å². The Morgan fingerprint density at radius 3 is 2.35 bits per heavy atom. The highest BCUT2D eigenvalue weighted by atomic mass is 16.5. The number of ether oxygens (including phenoxy) is 1. The highest BCUT2D eigenvalue weighted by molar-refractivity contribution is 5.88. The number of carboxylic acid groups (broad SMARTS) is 1. The van der Waals surface area contributed by atoms with Gasteiger partial charge in [0.05, 0.1) is 6.42 Å². The summed E-state index contributed by atoms with van der Waals surface area (Å²) in [7, 11) is 1.52. The molecule has 0 aromatic carbocycles. The molecule has 0 aliphatic heterocycles. The molecule has 98 valence electrons. The van der Waals surface area contributed by atoms with E-state index in [9.17, 15) is 14.4 Å². The second kappa shape index (κ2) is 7.61. The first kappa shape index (κ1) is 15.4. The number of methoxy groups -OCH3 is 1. The zero-order valence-electron chi connectivity index (χ0n) is 9.93. The van der Waals surface area contributed by atoms with Gasteiger partial charge in [-0.15, -0.1) is 0 Å². The molecule has 0 saturated carbocycles. The number of hydrogen-bond acceptors (Lipinski definition) is 4. The Bertz CT molecular complexity index is 292. The zero-order valence-corrected chi connectivity index (χ0v) is 9.93. The van der Waals surface area contributed by atoms with Crippen molar-refractivity contribution in [3.05, 3.63) is 0 Å². The number of nitrogens with two attached hydrogens (primary N) is 1. The van der Waals surface area contributed by atoms with Crippen LogP contribution in [0, 0.1) is 5.92 Å². The van der Waals surface area contributed by atoms with E-state index in [0.29, 0.717) is 6.61 Å². The van der Waals surface area contributed by atoms with Gasteiger partial charge in [-0.25, -0.2) is 4.79 Å². The lowest BCUT2D eigenvalue weighted by molar-refractivity contribution is -0.143. The predicted molar refractivity (Wildman–Crippen MR) is 59.0 cm³/mol. The van der Waals surface area contributed by atoms with E-state index in [2.05, 4.69) is 5.32 Å². The minimum absolute atomic E-state index is 0.0250. The van der Waals surface area contributed by atoms with Crippen molar-refractivity contribution < 1.29 is 24.2 Å². The topological polar surface area (TPSA) is 119 Å². The number of amides is 2. The highest BCUT2D eigenvalue weighted by Gasteiger charge is 2.22. The first-order valence-electron chi connectivity index (χ1n) is 5.16. The normalized spacial score (nSPS) is 13.8. The molecule has 2 unspecified atom stereocenters. The van der Waals surface area contributed by atoms with Gasteiger partial charge in [-0.1, -0.05) is 6.92 Å². The lowest BCUT2D eigenvalue weighted by Gasteiger charge is -2.15. The molecule has 0 aliphatic carbocycles. The van der Waals surface area contributed by atoms with Gasteiger partial charge in [0.15, 0.2) is 0 Å². The number of hydrogen-bond donors (Lipinski definition) is 3. The summed E-state index contributed by atoms with van der Waals surface area (Å²) in [6, 6.07) is -1.27. The summed E-state index contributed by atoms with van der Waals surface area (Å²) in [5, 5.41) is 11.0. The van der Waals surface area contributed by atoms with Gasteiger partial charge in [-0.05, 0) is 5.92 Å². The number of carbonyl (C=O) groups excluding carboxylic acids is 2. The maximum atomic E-state index is 11.4. The molecule has 2 amide bonds. The van der Waals surface area contributed by atoms with Crippen LogP contribution in [-0.4, -0.2) is 42.6 Å². The van der Waals surface area contributed by atoms with E-state index < -0.39 is 30.2 Å². The lowest BCUT2D eigenvalue weighted by Crippen LogP contribution is -2.43. The lowest BCUT2D eigenvalue weighted by atomic mass is 10.1. The smallest absolute Gasteiger partial charge is 0.326 e. The molecular weight excluding hydrogens is 228 g/mol. The van der Waals surface area contributed by atoms with Crippen LogP contribution >= 0.6 is 0 Å². The third kappa shape index (κ3) is 7.29. The fourth-order valence-electron chi connectivity index (χ4n) is 1.31. The number of carboxylic acids is 1. The number of aliphatic carboxylic acids is 1. The van der Waals surface area contributed by atoms with Gasteiger partial charge >= 0.3 is 5.97 Å². The third-order valence-electron chi connectivity index (χ3n) is 2.02. The molecule has 0 spiro atoms. The average molecular weight is 246 g/mol. The first-order valence-corrected chi connectivity index (χ1v) is 5.16. The molecule has 0 rings (SSSR count). The number of rotatable bonds is 8. The summed E-state index contributed by atoms with van der Waals surface area (Å²) in [5.74, 6) is -2.52. The Kier molecular flexibility index (Phi) is 6.88. The SMILES string of the molecule is COCC(C)CC(=O)NC(CC(N)=O)C(=O)O. The van der Waals surface area contributed by atoms with Crippen LogP contribution in [0.3, 0.4) is 0 Å². The Hall–Kier alpha value is -1.63. The second-order valence-corrected chi connectivity index (χ2v) is 3.89. The minimum atomic E-state index is -1.28. The van der Waals surface area contributed by atoms with E-state index in [4.69, 9.17) is 15.6 Å². The Balaban J connectivity index is 4.21. The van der Waals surface area contributed by atoms with Crippen LogP contribution in [0.5, 0.6) is 0 Å². The van der Waals surface area contributed by atoms with Crippen LogP contribution in [0.25, 0.3) is 0 Å². The van der Waals surface area contributed by atoms with Crippen LogP contribution in [-0.2, 0) is 19.1 Å². The molecule has 17 heavy (non-hydrogen) atoms. The zero-order chi connectivity index (χ0) is 13.4. The predicted octanol–water partition coefficient (Wildman–Crippen LogP) is -0.896. The Morgan fingerprint density at radius 2 is 1.94 bits per heavy atom. The average Bonchev–Trinajstić information content (AvgIpc) is 2.15. The molecule has 4 N–H and O–H groups in total. The highest BCUT2D eigenvalue weighted by Crippen LogP contribution is 2.02. The molecule has 0 radical (unpaired) electrons. The largest absolute Gasteiger partial charge is 0.480 e. The summed E-state index contributed by atoms with van der Waals surface area (Å²) >= 11 is 0. The van der Waals surface area contributed by atoms with Gasteiger partial charge in [0, 0.05) is 20.1 Å². The van der Waals surface area contributed by atoms with Crippen LogP contribution in [0.1, 0.15) is 19.8 Å². The molecule has 2 atom stereocenters. The van der Waals surface area contributed by atoms with E-state index in [1.54, 1.807) is 6.92 Å². The molecule has 0 aromatic rings. The van der Waals surface area contributed by atoms with E-state index in [-0.39, 0.29) is 12.3 Å². The molecule has 0 saturated heterocycles. The molecule has 0 bridgehead atoms. The molecule has 7 nitrogen and oxygen atoms in total. The quantitative estimate of drug-likeness (QED) is 0.513. The van der Waals surface area contributed by atoms with Gasteiger partial charge in [0.2, 0.25) is 11.8 Å². The maximum Gasteiger partial charge on any atom is 0.326 e. The van der Waals surface area contributed by atoms with Gasteiger partial charge in [-0.2, -0.15) is 0 Å². The molecule has 7 heteroatoms. The van der Waals surface area contributed by atoms with Crippen molar-refractivity contribution in [3.8, 4) is 0 Å². The van der Waals surface area contributed by atoms with Crippen molar-refractivity contribution in [1.82, 2.24) is 5.32 Å². The minimum Gasteiger partial charge on any atom is -0.480 e. The van der Waals surface area contributed by atoms with Gasteiger partial charge in [0.1, 0.15) is 6.04 Å². The van der Waals surface area contributed by atoms with Gasteiger partial charge < -0.3 is 20.9 Å². The van der Waals surface area contributed by atoms with E-state index in [1.165, 1.54) is 7.11 Å². The third-order valence-corrected chi connectivity index (χ3v) is 2.02. The molecule has 0 fully saturated rings. The summed E-state index contributed by atoms with van der Waals surface area (Å²) in [5.41, 5.74) is 4.88. The summed E-state index contributed by atoms with van der Waals surface area (Å²) in [6.45, 7) is 2.20. The van der Waals surface area contributed by atoms with Gasteiger partial charge in [0.25, 0.3) is 0 Å². The summed E-state index contributed by atoms with van der Waals surface area (Å²) < 4.78 is 4.85. The van der Waals surface area contributed by atoms with Crippen molar-refractivity contribution >= 4 is 17.8 Å². The van der Waals surface area contributed by atoms with Crippen molar-refractivity contribution in [2.24, 2.45) is 11.7 Å². The van der Waals surface area contributed by atoms with E-state index in [1.807, 2.05) is 0 Å². The standard InChI is InChI=1S/C10H18N2O5/c1-6(5-17-2)3-9(14)12-7(10(15)16)4-8(11)13/h6-7H,3-5H2,1-2H3,(H2,11,13)(H,12,14)(H,15,16).